The van der Waals surface area contributed by atoms with E-state index < -0.39 is 0 Å². The van der Waals surface area contributed by atoms with Crippen molar-refractivity contribution in [3.63, 3.8) is 0 Å². The number of amides is 2. The molecule has 1 aromatic heterocycles. The molecule has 0 unspecified atom stereocenters. The molecular formula is C25H27N5O3. The summed E-state index contributed by atoms with van der Waals surface area (Å²) >= 11 is 0. The fraction of sp³-hybridized carbons (Fsp3) is 0.320. The number of carbonyl (C=O) groups is 1. The minimum atomic E-state index is -0.306. The predicted molar refractivity (Wildman–Crippen MR) is 127 cm³/mol. The Morgan fingerprint density at radius 2 is 1.76 bits per heavy atom. The molecule has 2 aromatic carbocycles. The van der Waals surface area contributed by atoms with Crippen molar-refractivity contribution in [2.75, 3.05) is 22.2 Å². The highest BCUT2D eigenvalue weighted by Gasteiger charge is 2.38. The van der Waals surface area contributed by atoms with Crippen LogP contribution in [-0.4, -0.2) is 40.4 Å². The number of aliphatic hydroxyl groups excluding tert-OH is 1. The average Bonchev–Trinajstić information content (AvgIpc) is 2.85. The summed E-state index contributed by atoms with van der Waals surface area (Å²) in [6, 6.07) is 17.1. The van der Waals surface area contributed by atoms with E-state index in [1.165, 1.54) is 0 Å². The Morgan fingerprint density at radius 1 is 1.03 bits per heavy atom. The van der Waals surface area contributed by atoms with Gasteiger partial charge in [-0.25, -0.2) is 9.78 Å². The van der Waals surface area contributed by atoms with E-state index >= 15 is 0 Å². The number of hydrogen-bond acceptors (Lipinski definition) is 6. The lowest BCUT2D eigenvalue weighted by molar-refractivity contribution is 0.122. The first-order chi connectivity index (χ1) is 16.1. The monoisotopic (exact) mass is 445 g/mol. The second kappa shape index (κ2) is 9.07. The van der Waals surface area contributed by atoms with Crippen LogP contribution in [0.25, 0.3) is 0 Å². The third-order valence-corrected chi connectivity index (χ3v) is 6.28. The van der Waals surface area contributed by atoms with Crippen molar-refractivity contribution < 1.29 is 14.6 Å². The van der Waals surface area contributed by atoms with Crippen LogP contribution in [-0.2, 0) is 6.54 Å². The number of ether oxygens (including phenoxy) is 1. The number of urea groups is 1. The molecule has 2 amide bonds. The maximum atomic E-state index is 13.8. The van der Waals surface area contributed by atoms with E-state index in [-0.39, 0.29) is 18.2 Å². The van der Waals surface area contributed by atoms with Gasteiger partial charge in [-0.2, -0.15) is 4.98 Å². The molecule has 1 saturated carbocycles. The first kappa shape index (κ1) is 21.2. The molecule has 1 aliphatic heterocycles. The van der Waals surface area contributed by atoms with Gasteiger partial charge in [0.05, 0.1) is 19.8 Å². The van der Waals surface area contributed by atoms with E-state index in [1.807, 2.05) is 54.6 Å². The molecule has 0 spiro atoms. The number of nitrogens with zero attached hydrogens (tertiary/aromatic N) is 4. The third-order valence-electron chi connectivity index (χ3n) is 6.28. The summed E-state index contributed by atoms with van der Waals surface area (Å²) in [6.45, 7) is 0.387. The van der Waals surface area contributed by atoms with Gasteiger partial charge in [-0.1, -0.05) is 18.2 Å². The fourth-order valence-corrected chi connectivity index (χ4v) is 4.50. The molecule has 5 rings (SSSR count). The van der Waals surface area contributed by atoms with Crippen LogP contribution in [0.1, 0.15) is 31.2 Å². The summed E-state index contributed by atoms with van der Waals surface area (Å²) in [7, 11) is 1.62. The molecule has 2 heterocycles. The number of anilines is 4. The lowest BCUT2D eigenvalue weighted by Crippen LogP contribution is -2.53. The molecule has 2 aliphatic rings. The van der Waals surface area contributed by atoms with Crippen LogP contribution in [0.15, 0.2) is 60.8 Å². The van der Waals surface area contributed by atoms with Gasteiger partial charge in [0.15, 0.2) is 0 Å². The van der Waals surface area contributed by atoms with E-state index in [0.29, 0.717) is 31.2 Å². The average molecular weight is 446 g/mol. The van der Waals surface area contributed by atoms with Gasteiger partial charge >= 0.3 is 6.03 Å². The zero-order chi connectivity index (χ0) is 22.8. The van der Waals surface area contributed by atoms with Crippen molar-refractivity contribution in [3.05, 3.63) is 66.4 Å². The minimum absolute atomic E-state index is 0.0276. The quantitative estimate of drug-likeness (QED) is 0.602. The molecule has 3 aromatic rings. The van der Waals surface area contributed by atoms with Gasteiger partial charge in [-0.15, -0.1) is 0 Å². The van der Waals surface area contributed by atoms with Crippen LogP contribution in [0, 0.1) is 0 Å². The Morgan fingerprint density at radius 3 is 2.45 bits per heavy atom. The Balaban J connectivity index is 1.51. The molecule has 0 bridgehead atoms. The van der Waals surface area contributed by atoms with Gasteiger partial charge in [-0.3, -0.25) is 9.80 Å². The van der Waals surface area contributed by atoms with Crippen molar-refractivity contribution in [2.45, 2.75) is 44.4 Å². The number of methoxy groups -OCH3 is 1. The molecule has 0 radical (unpaired) electrons. The first-order valence-electron chi connectivity index (χ1n) is 11.2. The lowest BCUT2D eigenvalue weighted by Gasteiger charge is -2.42. The zero-order valence-corrected chi connectivity index (χ0v) is 18.5. The van der Waals surface area contributed by atoms with Crippen LogP contribution in [0.2, 0.25) is 0 Å². The number of para-hydroxylation sites is 1. The molecule has 8 heteroatoms. The maximum Gasteiger partial charge on any atom is 0.330 e. The second-order valence-corrected chi connectivity index (χ2v) is 8.43. The molecule has 33 heavy (non-hydrogen) atoms. The van der Waals surface area contributed by atoms with Crippen LogP contribution in [0.3, 0.4) is 0 Å². The number of hydrogen-bond donors (Lipinski definition) is 2. The second-order valence-electron chi connectivity index (χ2n) is 8.43. The Kier molecular flexibility index (Phi) is 5.83. The molecule has 1 fully saturated rings. The molecule has 2 N–H and O–H groups in total. The number of nitrogens with one attached hydrogen (secondary N) is 1. The van der Waals surface area contributed by atoms with Gasteiger partial charge in [-0.05, 0) is 62.1 Å². The van der Waals surface area contributed by atoms with E-state index in [4.69, 9.17) is 9.72 Å². The van der Waals surface area contributed by atoms with E-state index in [2.05, 4.69) is 10.3 Å². The smallest absolute Gasteiger partial charge is 0.330 e. The summed E-state index contributed by atoms with van der Waals surface area (Å²) in [5, 5.41) is 13.2. The molecule has 0 atom stereocenters. The number of fused-ring (bicyclic) bond motifs is 1. The Bertz CT molecular complexity index is 1110. The lowest BCUT2D eigenvalue weighted by atomic mass is 9.91. The summed E-state index contributed by atoms with van der Waals surface area (Å²) in [5.41, 5.74) is 2.56. The van der Waals surface area contributed by atoms with Crippen molar-refractivity contribution in [2.24, 2.45) is 0 Å². The van der Waals surface area contributed by atoms with Crippen LogP contribution < -0.4 is 19.9 Å². The van der Waals surface area contributed by atoms with Gasteiger partial charge in [0.2, 0.25) is 5.95 Å². The van der Waals surface area contributed by atoms with E-state index in [9.17, 15) is 9.90 Å². The van der Waals surface area contributed by atoms with Gasteiger partial charge < -0.3 is 15.2 Å². The Hall–Kier alpha value is -3.65. The van der Waals surface area contributed by atoms with Gasteiger partial charge in [0.1, 0.15) is 11.6 Å². The molecular weight excluding hydrogens is 418 g/mol. The highest BCUT2D eigenvalue weighted by atomic mass is 16.5. The summed E-state index contributed by atoms with van der Waals surface area (Å²) in [4.78, 5) is 26.6. The summed E-state index contributed by atoms with van der Waals surface area (Å²) < 4.78 is 5.26. The SMILES string of the molecule is COc1ccc(N2Cc3cnc(Nc4ccccc4)nc3N(C3CCC(O)CC3)C2=O)cc1. The number of benzene rings is 2. The Labute approximate surface area is 192 Å². The molecule has 1 aliphatic carbocycles. The highest BCUT2D eigenvalue weighted by Crippen LogP contribution is 2.36. The number of aliphatic hydroxyl groups is 1. The van der Waals surface area contributed by atoms with Crippen molar-refractivity contribution >= 4 is 29.2 Å². The standard InChI is InChI=1S/C25H27N5O3/c1-33-22-13-9-19(10-14-22)29-16-17-15-26-24(27-18-5-3-2-4-6-18)28-23(17)30(25(29)32)20-7-11-21(31)12-8-20/h2-6,9-10,13-15,20-21,31H,7-8,11-12,16H2,1H3,(H,26,27,28). The summed E-state index contributed by atoms with van der Waals surface area (Å²) in [5.74, 6) is 1.83. The van der Waals surface area contributed by atoms with Crippen molar-refractivity contribution in [1.29, 1.82) is 0 Å². The number of rotatable bonds is 5. The third kappa shape index (κ3) is 4.34. The predicted octanol–water partition coefficient (Wildman–Crippen LogP) is 4.48. The molecule has 0 saturated heterocycles. The minimum Gasteiger partial charge on any atom is -0.497 e. The number of aromatic nitrogens is 2. The topological polar surface area (TPSA) is 90.8 Å². The van der Waals surface area contributed by atoms with Crippen molar-refractivity contribution in [3.8, 4) is 5.75 Å². The van der Waals surface area contributed by atoms with Crippen molar-refractivity contribution in [1.82, 2.24) is 9.97 Å². The van der Waals surface area contributed by atoms with Crippen LogP contribution >= 0.6 is 0 Å². The highest BCUT2D eigenvalue weighted by molar-refractivity contribution is 6.06. The number of carbonyl (C=O) groups excluding carboxylic acids is 1. The molecule has 170 valence electrons. The van der Waals surface area contributed by atoms with E-state index in [1.54, 1.807) is 23.1 Å². The normalized spacial score (nSPS) is 20.4. The summed E-state index contributed by atoms with van der Waals surface area (Å²) in [6.07, 6.45) is 4.29. The van der Waals surface area contributed by atoms with Crippen LogP contribution in [0.4, 0.5) is 27.9 Å². The van der Waals surface area contributed by atoms with E-state index in [0.717, 1.165) is 35.5 Å². The van der Waals surface area contributed by atoms with Gasteiger partial charge in [0, 0.05) is 29.2 Å². The fourth-order valence-electron chi connectivity index (χ4n) is 4.50. The first-order valence-corrected chi connectivity index (χ1v) is 11.2. The van der Waals surface area contributed by atoms with Crippen LogP contribution in [0.5, 0.6) is 5.75 Å². The molecule has 8 nitrogen and oxygen atoms in total. The van der Waals surface area contributed by atoms with Gasteiger partial charge in [0.25, 0.3) is 0 Å². The largest absolute Gasteiger partial charge is 0.497 e. The zero-order valence-electron chi connectivity index (χ0n) is 18.5. The maximum absolute atomic E-state index is 13.8.